The fraction of sp³-hybridized carbons (Fsp3) is 0.667. The summed E-state index contributed by atoms with van der Waals surface area (Å²) in [5, 5.41) is 3.58. The molecule has 114 valence electrons. The highest BCUT2D eigenvalue weighted by molar-refractivity contribution is 5.21. The van der Waals surface area contributed by atoms with Gasteiger partial charge in [0.25, 0.3) is 0 Å². The van der Waals surface area contributed by atoms with Crippen LogP contribution in [0.3, 0.4) is 0 Å². The van der Waals surface area contributed by atoms with E-state index in [1.807, 2.05) is 12.1 Å². The largest absolute Gasteiger partial charge is 0.311 e. The van der Waals surface area contributed by atoms with Crippen LogP contribution in [0.1, 0.15) is 65.4 Å². The maximum atomic E-state index is 13.1. The van der Waals surface area contributed by atoms with Crippen LogP contribution in [-0.2, 0) is 0 Å². The van der Waals surface area contributed by atoms with Crippen LogP contribution in [0, 0.1) is 11.7 Å². The van der Waals surface area contributed by atoms with Gasteiger partial charge in [0, 0.05) is 12.1 Å². The first-order chi connectivity index (χ1) is 9.28. The van der Waals surface area contributed by atoms with Crippen LogP contribution in [0.4, 0.5) is 4.39 Å². The van der Waals surface area contributed by atoms with Crippen molar-refractivity contribution in [1.82, 2.24) is 5.32 Å². The number of benzene rings is 1. The summed E-state index contributed by atoms with van der Waals surface area (Å²) in [6.07, 6.45) is 3.64. The SMILES string of the molecule is CC(C)CCCC(CNC(C)(C)C)c1ccc(F)cc1. The van der Waals surface area contributed by atoms with E-state index in [1.165, 1.54) is 18.4 Å². The first kappa shape index (κ1) is 17.2. The maximum Gasteiger partial charge on any atom is 0.123 e. The topological polar surface area (TPSA) is 12.0 Å². The molecule has 0 aliphatic heterocycles. The second kappa shape index (κ2) is 7.78. The van der Waals surface area contributed by atoms with Crippen molar-refractivity contribution in [2.45, 2.75) is 65.3 Å². The number of nitrogens with one attached hydrogen (secondary N) is 1. The van der Waals surface area contributed by atoms with Gasteiger partial charge in [0.1, 0.15) is 5.82 Å². The molecule has 0 spiro atoms. The first-order valence-electron chi connectivity index (χ1n) is 7.78. The lowest BCUT2D eigenvalue weighted by atomic mass is 9.91. The average Bonchev–Trinajstić information content (AvgIpc) is 2.33. The van der Waals surface area contributed by atoms with Crippen LogP contribution in [0.25, 0.3) is 0 Å². The Morgan fingerprint density at radius 1 is 1.05 bits per heavy atom. The minimum atomic E-state index is -0.154. The molecule has 1 nitrogen and oxygen atoms in total. The molecule has 1 atom stereocenters. The van der Waals surface area contributed by atoms with E-state index in [1.54, 1.807) is 12.1 Å². The van der Waals surface area contributed by atoms with Crippen molar-refractivity contribution in [2.24, 2.45) is 5.92 Å². The van der Waals surface area contributed by atoms with Gasteiger partial charge >= 0.3 is 0 Å². The molecule has 0 heterocycles. The molecule has 0 radical (unpaired) electrons. The molecule has 1 N–H and O–H groups in total. The van der Waals surface area contributed by atoms with Crippen molar-refractivity contribution in [1.29, 1.82) is 0 Å². The summed E-state index contributed by atoms with van der Waals surface area (Å²) in [5.41, 5.74) is 1.36. The van der Waals surface area contributed by atoms with Gasteiger partial charge < -0.3 is 5.32 Å². The summed E-state index contributed by atoms with van der Waals surface area (Å²) >= 11 is 0. The van der Waals surface area contributed by atoms with E-state index >= 15 is 0 Å². The normalized spacial score (nSPS) is 13.8. The fourth-order valence-corrected chi connectivity index (χ4v) is 2.32. The molecule has 2 heteroatoms. The Kier molecular flexibility index (Phi) is 6.67. The molecule has 0 bridgehead atoms. The Morgan fingerprint density at radius 3 is 2.15 bits per heavy atom. The van der Waals surface area contributed by atoms with Crippen LogP contribution in [-0.4, -0.2) is 12.1 Å². The van der Waals surface area contributed by atoms with Crippen molar-refractivity contribution in [3.05, 3.63) is 35.6 Å². The molecule has 0 amide bonds. The molecule has 1 aromatic carbocycles. The van der Waals surface area contributed by atoms with Crippen LogP contribution >= 0.6 is 0 Å². The molecule has 0 aliphatic carbocycles. The summed E-state index contributed by atoms with van der Waals surface area (Å²) in [4.78, 5) is 0. The predicted molar refractivity (Wildman–Crippen MR) is 85.6 cm³/mol. The van der Waals surface area contributed by atoms with Gasteiger partial charge in [-0.25, -0.2) is 4.39 Å². The van der Waals surface area contributed by atoms with Gasteiger partial charge in [-0.05, 0) is 56.7 Å². The van der Waals surface area contributed by atoms with Gasteiger partial charge in [-0.3, -0.25) is 0 Å². The zero-order valence-corrected chi connectivity index (χ0v) is 13.7. The lowest BCUT2D eigenvalue weighted by molar-refractivity contribution is 0.390. The number of hydrogen-bond donors (Lipinski definition) is 1. The first-order valence-corrected chi connectivity index (χ1v) is 7.78. The standard InChI is InChI=1S/C18H30FN/c1-14(2)7-6-8-16(13-20-18(3,4)5)15-9-11-17(19)12-10-15/h9-12,14,16,20H,6-8,13H2,1-5H3. The van der Waals surface area contributed by atoms with Crippen molar-refractivity contribution < 1.29 is 4.39 Å². The Morgan fingerprint density at radius 2 is 1.65 bits per heavy atom. The molecule has 0 saturated heterocycles. The van der Waals surface area contributed by atoms with E-state index in [4.69, 9.17) is 0 Å². The Labute approximate surface area is 124 Å². The van der Waals surface area contributed by atoms with Crippen LogP contribution in [0.15, 0.2) is 24.3 Å². The minimum absolute atomic E-state index is 0.121. The third kappa shape index (κ3) is 7.04. The van der Waals surface area contributed by atoms with Crippen LogP contribution in [0.5, 0.6) is 0 Å². The van der Waals surface area contributed by atoms with E-state index in [9.17, 15) is 4.39 Å². The van der Waals surface area contributed by atoms with Crippen molar-refractivity contribution >= 4 is 0 Å². The molecule has 1 unspecified atom stereocenters. The zero-order valence-electron chi connectivity index (χ0n) is 13.7. The highest BCUT2D eigenvalue weighted by Gasteiger charge is 2.16. The van der Waals surface area contributed by atoms with Gasteiger partial charge in [-0.2, -0.15) is 0 Å². The molecular formula is C18H30FN. The Hall–Kier alpha value is -0.890. The summed E-state index contributed by atoms with van der Waals surface area (Å²) < 4.78 is 13.1. The second-order valence-electron chi connectivity index (χ2n) is 7.20. The van der Waals surface area contributed by atoms with Crippen molar-refractivity contribution in [2.75, 3.05) is 6.54 Å². The number of rotatable bonds is 7. The Balaban J connectivity index is 2.65. The monoisotopic (exact) mass is 279 g/mol. The molecule has 20 heavy (non-hydrogen) atoms. The third-order valence-corrected chi connectivity index (χ3v) is 3.55. The van der Waals surface area contributed by atoms with E-state index in [0.717, 1.165) is 18.9 Å². The maximum absolute atomic E-state index is 13.1. The second-order valence-corrected chi connectivity index (χ2v) is 7.20. The minimum Gasteiger partial charge on any atom is -0.311 e. The van der Waals surface area contributed by atoms with Crippen LogP contribution in [0.2, 0.25) is 0 Å². The zero-order chi connectivity index (χ0) is 15.2. The Bertz CT molecular complexity index is 375. The molecule has 1 aromatic rings. The van der Waals surface area contributed by atoms with E-state index in [2.05, 4.69) is 39.9 Å². The predicted octanol–water partition coefficient (Wildman–Crippen LogP) is 5.12. The lowest BCUT2D eigenvalue weighted by Crippen LogP contribution is -2.38. The highest BCUT2D eigenvalue weighted by atomic mass is 19.1. The van der Waals surface area contributed by atoms with Gasteiger partial charge in [0.2, 0.25) is 0 Å². The number of halogens is 1. The summed E-state index contributed by atoms with van der Waals surface area (Å²) in [5.74, 6) is 1.06. The molecule has 0 aliphatic rings. The molecule has 0 saturated carbocycles. The summed E-state index contributed by atoms with van der Waals surface area (Å²) in [7, 11) is 0. The lowest BCUT2D eigenvalue weighted by Gasteiger charge is -2.26. The third-order valence-electron chi connectivity index (χ3n) is 3.55. The van der Waals surface area contributed by atoms with Gasteiger partial charge in [-0.1, -0.05) is 38.8 Å². The van der Waals surface area contributed by atoms with Crippen LogP contribution < -0.4 is 5.32 Å². The molecule has 0 aromatic heterocycles. The van der Waals surface area contributed by atoms with E-state index < -0.39 is 0 Å². The summed E-state index contributed by atoms with van der Waals surface area (Å²) in [6.45, 7) is 12.0. The van der Waals surface area contributed by atoms with Gasteiger partial charge in [0.05, 0.1) is 0 Å². The summed E-state index contributed by atoms with van der Waals surface area (Å²) in [6, 6.07) is 7.00. The smallest absolute Gasteiger partial charge is 0.123 e. The van der Waals surface area contributed by atoms with Crippen molar-refractivity contribution in [3.8, 4) is 0 Å². The fourth-order valence-electron chi connectivity index (χ4n) is 2.32. The van der Waals surface area contributed by atoms with Crippen molar-refractivity contribution in [3.63, 3.8) is 0 Å². The molecule has 1 rings (SSSR count). The quantitative estimate of drug-likeness (QED) is 0.730. The van der Waals surface area contributed by atoms with Gasteiger partial charge in [0.15, 0.2) is 0 Å². The average molecular weight is 279 g/mol. The number of hydrogen-bond acceptors (Lipinski definition) is 1. The van der Waals surface area contributed by atoms with E-state index in [0.29, 0.717) is 5.92 Å². The highest BCUT2D eigenvalue weighted by Crippen LogP contribution is 2.24. The molecule has 0 fully saturated rings. The molecular weight excluding hydrogens is 249 g/mol. The van der Waals surface area contributed by atoms with E-state index in [-0.39, 0.29) is 11.4 Å². The van der Waals surface area contributed by atoms with Gasteiger partial charge in [-0.15, -0.1) is 0 Å².